The van der Waals surface area contributed by atoms with Crippen molar-refractivity contribution in [2.75, 3.05) is 13.1 Å². The molecule has 0 unspecified atom stereocenters. The van der Waals surface area contributed by atoms with Gasteiger partial charge in [-0.15, -0.1) is 11.3 Å². The van der Waals surface area contributed by atoms with Gasteiger partial charge in [0, 0.05) is 34.9 Å². The maximum absolute atomic E-state index is 11.8. The quantitative estimate of drug-likeness (QED) is 0.238. The number of H-pyrrole nitrogens is 2. The van der Waals surface area contributed by atoms with Gasteiger partial charge in [-0.25, -0.2) is 9.97 Å². The van der Waals surface area contributed by atoms with Crippen LogP contribution in [0.3, 0.4) is 0 Å². The second kappa shape index (κ2) is 9.83. The SMILES string of the molecule is CC(=O)c1ccc(-c2cccc3[nH]c(-c4n[nH]c5ccc(-c6cncc(CN7CCCCC7)c6)nc45)nc23)s1. The fourth-order valence-electron chi connectivity index (χ4n) is 5.33. The smallest absolute Gasteiger partial charge is 0.169 e. The summed E-state index contributed by atoms with van der Waals surface area (Å²) in [6, 6.07) is 16.1. The van der Waals surface area contributed by atoms with E-state index in [1.807, 2.05) is 54.9 Å². The van der Waals surface area contributed by atoms with Gasteiger partial charge in [-0.3, -0.25) is 19.8 Å². The van der Waals surface area contributed by atoms with Crippen molar-refractivity contribution in [3.63, 3.8) is 0 Å². The minimum Gasteiger partial charge on any atom is -0.336 e. The summed E-state index contributed by atoms with van der Waals surface area (Å²) in [5.41, 5.74) is 8.04. The van der Waals surface area contributed by atoms with Crippen molar-refractivity contribution in [2.24, 2.45) is 0 Å². The molecular weight excluding hydrogens is 506 g/mol. The van der Waals surface area contributed by atoms with Crippen molar-refractivity contribution in [3.8, 4) is 33.2 Å². The molecule has 0 amide bonds. The minimum atomic E-state index is 0.0678. The number of nitrogens with zero attached hydrogens (tertiary/aromatic N) is 5. The van der Waals surface area contributed by atoms with Gasteiger partial charge in [-0.1, -0.05) is 18.6 Å². The Labute approximate surface area is 229 Å². The molecule has 39 heavy (non-hydrogen) atoms. The van der Waals surface area contributed by atoms with E-state index in [0.717, 1.165) is 68.3 Å². The molecular formula is C30H27N7OS. The molecule has 0 aliphatic carbocycles. The van der Waals surface area contributed by atoms with Crippen LogP contribution in [0.15, 0.2) is 60.9 Å². The largest absolute Gasteiger partial charge is 0.336 e. The number of Topliss-reactive ketones (excluding diaryl/α,β-unsaturated/α-hetero) is 1. The molecule has 1 saturated heterocycles. The summed E-state index contributed by atoms with van der Waals surface area (Å²) in [6.07, 6.45) is 7.69. The maximum atomic E-state index is 11.8. The fraction of sp³-hybridized carbons (Fsp3) is 0.233. The number of thiophene rings is 1. The van der Waals surface area contributed by atoms with Crippen molar-refractivity contribution in [1.82, 2.24) is 35.0 Å². The molecule has 7 rings (SSSR count). The Morgan fingerprint density at radius 1 is 0.974 bits per heavy atom. The summed E-state index contributed by atoms with van der Waals surface area (Å²) in [7, 11) is 0. The number of nitrogens with one attached hydrogen (secondary N) is 2. The highest BCUT2D eigenvalue weighted by Crippen LogP contribution is 2.35. The molecule has 9 heteroatoms. The van der Waals surface area contributed by atoms with Crippen LogP contribution in [0.1, 0.15) is 41.4 Å². The van der Waals surface area contributed by atoms with Crippen molar-refractivity contribution in [3.05, 3.63) is 71.4 Å². The normalized spacial score (nSPS) is 14.4. The standard InChI is InChI=1S/C30H27N7OS/c1-18(38)25-10-11-26(39-25)21-6-5-7-23-27(21)34-30(33-23)29-28-24(35-36-29)9-8-22(32-28)20-14-19(15-31-16-20)17-37-12-3-2-4-13-37/h5-11,14-16H,2-4,12-13,17H2,1H3,(H,33,34)(H,35,36). The Kier molecular flexibility index (Phi) is 6.02. The van der Waals surface area contributed by atoms with Gasteiger partial charge >= 0.3 is 0 Å². The average molecular weight is 534 g/mol. The van der Waals surface area contributed by atoms with Gasteiger partial charge in [0.1, 0.15) is 5.52 Å². The molecule has 194 valence electrons. The lowest BCUT2D eigenvalue weighted by Crippen LogP contribution is -2.29. The first-order chi connectivity index (χ1) is 19.1. The topological polar surface area (TPSA) is 103 Å². The van der Waals surface area contributed by atoms with Crippen LogP contribution in [0.5, 0.6) is 0 Å². The number of piperidine rings is 1. The first kappa shape index (κ1) is 23.9. The Morgan fingerprint density at radius 2 is 1.87 bits per heavy atom. The lowest BCUT2D eigenvalue weighted by Gasteiger charge is -2.26. The van der Waals surface area contributed by atoms with Crippen LogP contribution in [0.2, 0.25) is 0 Å². The summed E-state index contributed by atoms with van der Waals surface area (Å²) >= 11 is 1.48. The zero-order valence-corrected chi connectivity index (χ0v) is 22.4. The Bertz CT molecular complexity index is 1830. The van der Waals surface area contributed by atoms with E-state index in [4.69, 9.17) is 9.97 Å². The number of para-hydroxylation sites is 1. The highest BCUT2D eigenvalue weighted by atomic mass is 32.1. The number of fused-ring (bicyclic) bond motifs is 2. The number of hydrogen-bond acceptors (Lipinski definition) is 7. The Balaban J connectivity index is 1.25. The van der Waals surface area contributed by atoms with E-state index in [0.29, 0.717) is 11.5 Å². The zero-order chi connectivity index (χ0) is 26.3. The third kappa shape index (κ3) is 4.53. The molecule has 1 aromatic carbocycles. The Hall–Kier alpha value is -4.21. The third-order valence-corrected chi connectivity index (χ3v) is 8.53. The van der Waals surface area contributed by atoms with Crippen LogP contribution in [-0.4, -0.2) is 53.9 Å². The number of hydrogen-bond donors (Lipinski definition) is 2. The number of aromatic amines is 2. The summed E-state index contributed by atoms with van der Waals surface area (Å²) in [4.78, 5) is 34.0. The van der Waals surface area contributed by atoms with Crippen LogP contribution in [0, 0.1) is 0 Å². The molecule has 0 spiro atoms. The minimum absolute atomic E-state index is 0.0678. The first-order valence-electron chi connectivity index (χ1n) is 13.2. The van der Waals surface area contributed by atoms with E-state index in [1.54, 1.807) is 6.92 Å². The van der Waals surface area contributed by atoms with E-state index >= 15 is 0 Å². The molecule has 5 aromatic heterocycles. The van der Waals surface area contributed by atoms with Crippen molar-refractivity contribution in [2.45, 2.75) is 32.7 Å². The van der Waals surface area contributed by atoms with Crippen LogP contribution < -0.4 is 0 Å². The lowest BCUT2D eigenvalue weighted by atomic mass is 10.1. The summed E-state index contributed by atoms with van der Waals surface area (Å²) < 4.78 is 0. The second-order valence-corrected chi connectivity index (χ2v) is 11.2. The van der Waals surface area contributed by atoms with Gasteiger partial charge in [0.25, 0.3) is 0 Å². The van der Waals surface area contributed by atoms with Gasteiger partial charge < -0.3 is 4.98 Å². The van der Waals surface area contributed by atoms with Gasteiger partial charge in [0.05, 0.1) is 27.1 Å². The molecule has 0 radical (unpaired) electrons. The van der Waals surface area contributed by atoms with E-state index < -0.39 is 0 Å². The van der Waals surface area contributed by atoms with Crippen LogP contribution in [-0.2, 0) is 6.54 Å². The molecule has 1 fully saturated rings. The number of likely N-dealkylation sites (tertiary alicyclic amines) is 1. The van der Waals surface area contributed by atoms with Gasteiger partial charge in [-0.2, -0.15) is 5.10 Å². The summed E-state index contributed by atoms with van der Waals surface area (Å²) in [5.74, 6) is 0.715. The van der Waals surface area contributed by atoms with E-state index in [2.05, 4.69) is 31.1 Å². The van der Waals surface area contributed by atoms with Crippen LogP contribution in [0.4, 0.5) is 0 Å². The van der Waals surface area contributed by atoms with Crippen LogP contribution >= 0.6 is 11.3 Å². The number of rotatable bonds is 6. The highest BCUT2D eigenvalue weighted by molar-refractivity contribution is 7.17. The second-order valence-electron chi connectivity index (χ2n) is 10.1. The molecule has 6 heterocycles. The number of carbonyl (C=O) groups excluding carboxylic acids is 1. The van der Waals surface area contributed by atoms with Crippen molar-refractivity contribution in [1.29, 1.82) is 0 Å². The van der Waals surface area contributed by atoms with Crippen molar-refractivity contribution >= 4 is 39.2 Å². The lowest BCUT2D eigenvalue weighted by molar-refractivity contribution is 0.102. The predicted molar refractivity (Wildman–Crippen MR) is 155 cm³/mol. The first-order valence-corrected chi connectivity index (χ1v) is 14.1. The predicted octanol–water partition coefficient (Wildman–Crippen LogP) is 6.48. The number of imidazole rings is 1. The molecule has 0 atom stereocenters. The number of aromatic nitrogens is 6. The summed E-state index contributed by atoms with van der Waals surface area (Å²) in [6.45, 7) is 4.81. The molecule has 1 aliphatic heterocycles. The Morgan fingerprint density at radius 3 is 2.72 bits per heavy atom. The van der Waals surface area contributed by atoms with E-state index in [9.17, 15) is 4.79 Å². The highest BCUT2D eigenvalue weighted by Gasteiger charge is 2.18. The number of benzene rings is 1. The van der Waals surface area contributed by atoms with Gasteiger partial charge in [0.2, 0.25) is 0 Å². The molecule has 8 nitrogen and oxygen atoms in total. The number of ketones is 1. The molecule has 0 bridgehead atoms. The average Bonchev–Trinajstić information content (AvgIpc) is 3.71. The zero-order valence-electron chi connectivity index (χ0n) is 21.6. The summed E-state index contributed by atoms with van der Waals surface area (Å²) in [5, 5.41) is 7.68. The van der Waals surface area contributed by atoms with E-state index in [1.165, 1.54) is 36.2 Å². The van der Waals surface area contributed by atoms with Crippen LogP contribution in [0.25, 0.3) is 55.3 Å². The van der Waals surface area contributed by atoms with Gasteiger partial charge in [-0.05, 0) is 74.8 Å². The molecule has 0 saturated carbocycles. The molecule has 6 aromatic rings. The third-order valence-electron chi connectivity index (χ3n) is 7.31. The van der Waals surface area contributed by atoms with Crippen molar-refractivity contribution < 1.29 is 4.79 Å². The van der Waals surface area contributed by atoms with E-state index in [-0.39, 0.29) is 5.78 Å². The fourth-order valence-corrected chi connectivity index (χ4v) is 6.26. The van der Waals surface area contributed by atoms with Gasteiger partial charge in [0.15, 0.2) is 17.3 Å². The molecule has 2 N–H and O–H groups in total. The number of carbonyl (C=O) groups is 1. The maximum Gasteiger partial charge on any atom is 0.169 e. The monoisotopic (exact) mass is 533 g/mol. The molecule has 1 aliphatic rings. The number of pyridine rings is 2.